The van der Waals surface area contributed by atoms with E-state index in [1.807, 2.05) is 13.0 Å². The predicted octanol–water partition coefficient (Wildman–Crippen LogP) is 3.16. The number of halogens is 3. The number of hydrogen-bond acceptors (Lipinski definition) is 2. The highest BCUT2D eigenvalue weighted by molar-refractivity contribution is 5.79. The maximum Gasteiger partial charge on any atom is 0.391 e. The van der Waals surface area contributed by atoms with Crippen molar-refractivity contribution in [1.29, 1.82) is 5.26 Å². The first-order valence-corrected chi connectivity index (χ1v) is 6.65. The van der Waals surface area contributed by atoms with E-state index in [1.54, 1.807) is 0 Å². The smallest absolute Gasteiger partial charge is 0.340 e. The van der Waals surface area contributed by atoms with Crippen molar-refractivity contribution < 1.29 is 18.0 Å². The van der Waals surface area contributed by atoms with Crippen LogP contribution >= 0.6 is 0 Å². The molecule has 3 nitrogen and oxygen atoms in total. The number of carbonyl (C=O) groups excluding carboxylic acids is 1. The normalized spacial score (nSPS) is 25.4. The predicted molar refractivity (Wildman–Crippen MR) is 64.0 cm³/mol. The van der Waals surface area contributed by atoms with Crippen LogP contribution in [-0.2, 0) is 4.79 Å². The second-order valence-corrected chi connectivity index (χ2v) is 5.07. The monoisotopic (exact) mass is 276 g/mol. The Bertz CT molecular complexity index is 341. The second kappa shape index (κ2) is 6.78. The van der Waals surface area contributed by atoms with Crippen LogP contribution in [0.5, 0.6) is 0 Å². The van der Waals surface area contributed by atoms with Crippen LogP contribution in [0.2, 0.25) is 0 Å². The first kappa shape index (κ1) is 15.8. The lowest BCUT2D eigenvalue weighted by Crippen LogP contribution is -2.40. The molecule has 0 aromatic carbocycles. The minimum Gasteiger partial charge on any atom is -0.340 e. The van der Waals surface area contributed by atoms with E-state index in [1.165, 1.54) is 0 Å². The molecule has 0 aromatic rings. The molecule has 0 bridgehead atoms. The third-order valence-electron chi connectivity index (χ3n) is 3.61. The molecule has 6 heteroatoms. The average molecular weight is 276 g/mol. The van der Waals surface area contributed by atoms with Gasteiger partial charge in [0.25, 0.3) is 0 Å². The van der Waals surface area contributed by atoms with Crippen molar-refractivity contribution in [1.82, 2.24) is 5.32 Å². The molecule has 1 rings (SSSR count). The molecule has 1 saturated carbocycles. The summed E-state index contributed by atoms with van der Waals surface area (Å²) >= 11 is 0. The number of hydrogen-bond donors (Lipinski definition) is 1. The van der Waals surface area contributed by atoms with E-state index in [9.17, 15) is 18.0 Å². The summed E-state index contributed by atoms with van der Waals surface area (Å²) in [5.41, 5.74) is 0. The highest BCUT2D eigenvalue weighted by Gasteiger charge is 2.42. The van der Waals surface area contributed by atoms with Gasteiger partial charge < -0.3 is 5.32 Å². The number of carbonyl (C=O) groups is 1. The van der Waals surface area contributed by atoms with Crippen LogP contribution < -0.4 is 5.32 Å². The van der Waals surface area contributed by atoms with Crippen molar-refractivity contribution in [3.05, 3.63) is 0 Å². The fourth-order valence-corrected chi connectivity index (χ4v) is 2.43. The molecule has 19 heavy (non-hydrogen) atoms. The Kier molecular flexibility index (Phi) is 5.64. The van der Waals surface area contributed by atoms with E-state index < -0.39 is 18.1 Å². The summed E-state index contributed by atoms with van der Waals surface area (Å²) in [6.07, 6.45) is -2.29. The van der Waals surface area contributed by atoms with Crippen LogP contribution in [0.3, 0.4) is 0 Å². The minimum atomic E-state index is -4.15. The first-order chi connectivity index (χ1) is 8.88. The van der Waals surface area contributed by atoms with Crippen molar-refractivity contribution in [3.63, 3.8) is 0 Å². The summed E-state index contributed by atoms with van der Waals surface area (Å²) in [4.78, 5) is 11.9. The lowest BCUT2D eigenvalue weighted by molar-refractivity contribution is -0.184. The van der Waals surface area contributed by atoms with Gasteiger partial charge in [-0.3, -0.25) is 4.79 Å². The molecule has 0 spiro atoms. The van der Waals surface area contributed by atoms with Crippen LogP contribution in [0.15, 0.2) is 0 Å². The van der Waals surface area contributed by atoms with Gasteiger partial charge in [-0.15, -0.1) is 0 Å². The first-order valence-electron chi connectivity index (χ1n) is 6.65. The molecule has 0 aromatic heterocycles. The quantitative estimate of drug-likeness (QED) is 0.857. The molecule has 0 saturated heterocycles. The van der Waals surface area contributed by atoms with E-state index in [-0.39, 0.29) is 37.5 Å². The zero-order chi connectivity index (χ0) is 14.5. The highest BCUT2D eigenvalue weighted by Crippen LogP contribution is 2.39. The Morgan fingerprint density at radius 1 is 1.37 bits per heavy atom. The van der Waals surface area contributed by atoms with Gasteiger partial charge in [-0.25, -0.2) is 0 Å². The Balaban J connectivity index is 2.43. The van der Waals surface area contributed by atoms with Crippen LogP contribution in [0, 0.1) is 23.2 Å². The summed E-state index contributed by atoms with van der Waals surface area (Å²) in [5.74, 6) is -1.94. The van der Waals surface area contributed by atoms with Crippen molar-refractivity contribution in [2.24, 2.45) is 11.8 Å². The van der Waals surface area contributed by atoms with E-state index in [2.05, 4.69) is 5.32 Å². The van der Waals surface area contributed by atoms with Crippen LogP contribution in [0.4, 0.5) is 13.2 Å². The summed E-state index contributed by atoms with van der Waals surface area (Å²) in [5, 5.41) is 11.4. The van der Waals surface area contributed by atoms with E-state index in [0.717, 1.165) is 6.42 Å². The third kappa shape index (κ3) is 4.73. The number of nitrogens with zero attached hydrogens (tertiary/aromatic N) is 1. The van der Waals surface area contributed by atoms with Gasteiger partial charge in [-0.1, -0.05) is 13.3 Å². The fraction of sp³-hybridized carbons (Fsp3) is 0.846. The molecular formula is C13H19F3N2O. The molecule has 1 unspecified atom stereocenters. The van der Waals surface area contributed by atoms with Crippen molar-refractivity contribution in [3.8, 4) is 6.07 Å². The van der Waals surface area contributed by atoms with E-state index in [4.69, 9.17) is 5.26 Å². The molecule has 1 amide bonds. The number of nitriles is 1. The summed E-state index contributed by atoms with van der Waals surface area (Å²) in [6.45, 7) is 1.91. The maximum absolute atomic E-state index is 12.5. The lowest BCUT2D eigenvalue weighted by Gasteiger charge is -2.29. The Morgan fingerprint density at radius 3 is 2.37 bits per heavy atom. The second-order valence-electron chi connectivity index (χ2n) is 5.07. The summed E-state index contributed by atoms with van der Waals surface area (Å²) < 4.78 is 37.5. The van der Waals surface area contributed by atoms with Crippen molar-refractivity contribution in [2.75, 3.05) is 0 Å². The molecule has 0 aliphatic heterocycles. The number of rotatable bonds is 4. The number of alkyl halides is 3. The molecule has 0 radical (unpaired) electrons. The third-order valence-corrected chi connectivity index (χ3v) is 3.61. The molecule has 108 valence electrons. The van der Waals surface area contributed by atoms with Gasteiger partial charge in [0.2, 0.25) is 5.91 Å². The zero-order valence-electron chi connectivity index (χ0n) is 11.0. The van der Waals surface area contributed by atoms with Crippen molar-refractivity contribution >= 4 is 5.91 Å². The SMILES string of the molecule is CCCC(C#N)NC(=O)C1CCC(C(F)(F)F)CC1. The van der Waals surface area contributed by atoms with Gasteiger partial charge in [0.1, 0.15) is 6.04 Å². The topological polar surface area (TPSA) is 52.9 Å². The molecule has 0 heterocycles. The minimum absolute atomic E-state index is 0.00653. The lowest BCUT2D eigenvalue weighted by atomic mass is 9.81. The summed E-state index contributed by atoms with van der Waals surface area (Å²) in [6, 6.07) is 1.46. The molecule has 1 fully saturated rings. The Morgan fingerprint density at radius 2 is 1.95 bits per heavy atom. The Labute approximate surface area is 111 Å². The molecule has 1 aliphatic rings. The molecule has 1 N–H and O–H groups in total. The standard InChI is InChI=1S/C13H19F3N2O/c1-2-3-11(8-17)18-12(19)9-4-6-10(7-5-9)13(14,15)16/h9-11H,2-7H2,1H3,(H,18,19). The molecule has 1 atom stereocenters. The highest BCUT2D eigenvalue weighted by atomic mass is 19.4. The van der Waals surface area contributed by atoms with Gasteiger partial charge in [-0.05, 0) is 32.1 Å². The van der Waals surface area contributed by atoms with Crippen molar-refractivity contribution in [2.45, 2.75) is 57.7 Å². The van der Waals surface area contributed by atoms with Crippen LogP contribution in [0.25, 0.3) is 0 Å². The van der Waals surface area contributed by atoms with E-state index >= 15 is 0 Å². The maximum atomic E-state index is 12.5. The van der Waals surface area contributed by atoms with Gasteiger partial charge in [0.05, 0.1) is 12.0 Å². The van der Waals surface area contributed by atoms with Crippen LogP contribution in [-0.4, -0.2) is 18.1 Å². The van der Waals surface area contributed by atoms with Crippen LogP contribution in [0.1, 0.15) is 45.4 Å². The average Bonchev–Trinajstić information content (AvgIpc) is 2.37. The van der Waals surface area contributed by atoms with Gasteiger partial charge >= 0.3 is 6.18 Å². The van der Waals surface area contributed by atoms with Gasteiger partial charge in [-0.2, -0.15) is 18.4 Å². The van der Waals surface area contributed by atoms with Gasteiger partial charge in [0, 0.05) is 5.92 Å². The fourth-order valence-electron chi connectivity index (χ4n) is 2.43. The van der Waals surface area contributed by atoms with E-state index in [0.29, 0.717) is 6.42 Å². The Hall–Kier alpha value is -1.25. The van der Waals surface area contributed by atoms with Gasteiger partial charge in [0.15, 0.2) is 0 Å². The largest absolute Gasteiger partial charge is 0.391 e. The molecular weight excluding hydrogens is 257 g/mol. The number of nitrogens with one attached hydrogen (secondary N) is 1. The molecule has 1 aliphatic carbocycles. The summed E-state index contributed by atoms with van der Waals surface area (Å²) in [7, 11) is 0. The number of amides is 1. The zero-order valence-corrected chi connectivity index (χ0v) is 11.0.